The van der Waals surface area contributed by atoms with Gasteiger partial charge in [0.1, 0.15) is 11.3 Å². The third kappa shape index (κ3) is 3.67. The molecule has 1 saturated carbocycles. The molecule has 0 amide bonds. The van der Waals surface area contributed by atoms with E-state index in [0.717, 1.165) is 65.5 Å². The van der Waals surface area contributed by atoms with E-state index in [0.29, 0.717) is 23.8 Å². The fourth-order valence-electron chi connectivity index (χ4n) is 4.97. The number of aromatic nitrogens is 8. The van der Waals surface area contributed by atoms with Gasteiger partial charge in [-0.15, -0.1) is 5.10 Å². The van der Waals surface area contributed by atoms with Crippen molar-refractivity contribution >= 4 is 28.3 Å². The van der Waals surface area contributed by atoms with E-state index in [1.54, 1.807) is 17.8 Å². The molecule has 0 radical (unpaired) electrons. The van der Waals surface area contributed by atoms with Crippen LogP contribution in [0.15, 0.2) is 36.9 Å². The molecular formula is C25H27N9O2. The highest BCUT2D eigenvalue weighted by atomic mass is 16.5. The monoisotopic (exact) mass is 485 g/mol. The number of methoxy groups -OCH3 is 1. The van der Waals surface area contributed by atoms with Crippen LogP contribution in [0.5, 0.6) is 5.88 Å². The van der Waals surface area contributed by atoms with Crippen molar-refractivity contribution in [1.82, 2.24) is 38.9 Å². The van der Waals surface area contributed by atoms with E-state index < -0.39 is 0 Å². The molecule has 1 atom stereocenters. The lowest BCUT2D eigenvalue weighted by Crippen LogP contribution is -2.11. The zero-order valence-electron chi connectivity index (χ0n) is 20.3. The van der Waals surface area contributed by atoms with E-state index in [4.69, 9.17) is 9.47 Å². The highest BCUT2D eigenvalue weighted by molar-refractivity contribution is 5.88. The number of fused-ring (bicyclic) bond motifs is 2. The maximum Gasteiger partial charge on any atom is 0.248 e. The fraction of sp³-hybridized carbons (Fsp3) is 0.400. The maximum atomic E-state index is 5.70. The number of imidazole rings is 1. The van der Waals surface area contributed by atoms with Crippen LogP contribution in [0.25, 0.3) is 27.8 Å². The van der Waals surface area contributed by atoms with Gasteiger partial charge >= 0.3 is 0 Å². The van der Waals surface area contributed by atoms with Gasteiger partial charge in [0.05, 0.1) is 37.2 Å². The number of ether oxygens (including phenoxy) is 2. The lowest BCUT2D eigenvalue weighted by Gasteiger charge is -2.12. The molecule has 1 aliphatic heterocycles. The Morgan fingerprint density at radius 2 is 2.11 bits per heavy atom. The highest BCUT2D eigenvalue weighted by Gasteiger charge is 2.24. The van der Waals surface area contributed by atoms with Crippen molar-refractivity contribution in [2.24, 2.45) is 5.92 Å². The van der Waals surface area contributed by atoms with Crippen molar-refractivity contribution < 1.29 is 9.47 Å². The van der Waals surface area contributed by atoms with Crippen molar-refractivity contribution in [2.45, 2.75) is 38.8 Å². The predicted molar refractivity (Wildman–Crippen MR) is 134 cm³/mol. The molecule has 11 nitrogen and oxygen atoms in total. The minimum atomic E-state index is 0.443. The zero-order chi connectivity index (χ0) is 24.2. The number of nitrogens with zero attached hydrogens (tertiary/aromatic N) is 8. The Morgan fingerprint density at radius 3 is 2.92 bits per heavy atom. The quantitative estimate of drug-likeness (QED) is 0.371. The topological polar surface area (TPSA) is 109 Å². The Balaban J connectivity index is 1.25. The van der Waals surface area contributed by atoms with Crippen molar-refractivity contribution in [1.29, 1.82) is 0 Å². The normalized spacial score (nSPS) is 17.9. The van der Waals surface area contributed by atoms with Crippen molar-refractivity contribution in [3.63, 3.8) is 0 Å². The Kier molecular flexibility index (Phi) is 4.91. The first-order valence-corrected chi connectivity index (χ1v) is 12.3. The summed E-state index contributed by atoms with van der Waals surface area (Å²) in [6.07, 6.45) is 11.0. The highest BCUT2D eigenvalue weighted by Crippen LogP contribution is 2.35. The molecule has 36 heavy (non-hydrogen) atoms. The van der Waals surface area contributed by atoms with E-state index in [1.807, 2.05) is 36.3 Å². The van der Waals surface area contributed by atoms with Gasteiger partial charge in [0.15, 0.2) is 5.65 Å². The molecule has 184 valence electrons. The molecule has 1 N–H and O–H groups in total. The van der Waals surface area contributed by atoms with E-state index in [1.165, 1.54) is 12.8 Å². The summed E-state index contributed by atoms with van der Waals surface area (Å²) in [5.41, 5.74) is 5.31. The lowest BCUT2D eigenvalue weighted by atomic mass is 10.1. The van der Waals surface area contributed by atoms with Gasteiger partial charge in [0.2, 0.25) is 11.8 Å². The maximum absolute atomic E-state index is 5.70. The summed E-state index contributed by atoms with van der Waals surface area (Å²) >= 11 is 0. The SMILES string of the molecule is COc1nc(Nc2cnn(C3CC3)c2)nn2ccc(-c3cnc4nc(C)n(CC5CCOC5)c4c3)c12. The van der Waals surface area contributed by atoms with Gasteiger partial charge in [-0.1, -0.05) is 0 Å². The Labute approximate surface area is 207 Å². The van der Waals surface area contributed by atoms with E-state index in [-0.39, 0.29) is 0 Å². The minimum absolute atomic E-state index is 0.443. The molecule has 1 aliphatic carbocycles. The predicted octanol–water partition coefficient (Wildman–Crippen LogP) is 3.77. The van der Waals surface area contributed by atoms with Gasteiger partial charge in [-0.2, -0.15) is 10.1 Å². The van der Waals surface area contributed by atoms with Gasteiger partial charge in [-0.25, -0.2) is 14.5 Å². The minimum Gasteiger partial charge on any atom is -0.479 e. The zero-order valence-corrected chi connectivity index (χ0v) is 20.3. The molecule has 1 saturated heterocycles. The largest absolute Gasteiger partial charge is 0.479 e. The summed E-state index contributed by atoms with van der Waals surface area (Å²) in [4.78, 5) is 14.0. The first kappa shape index (κ1) is 21.3. The lowest BCUT2D eigenvalue weighted by molar-refractivity contribution is 0.182. The summed E-state index contributed by atoms with van der Waals surface area (Å²) in [7, 11) is 1.62. The fourth-order valence-corrected chi connectivity index (χ4v) is 4.97. The van der Waals surface area contributed by atoms with Crippen molar-refractivity contribution in [2.75, 3.05) is 25.6 Å². The van der Waals surface area contributed by atoms with Gasteiger partial charge in [0.25, 0.3) is 0 Å². The molecule has 1 unspecified atom stereocenters. The van der Waals surface area contributed by atoms with Crippen LogP contribution >= 0.6 is 0 Å². The third-order valence-corrected chi connectivity index (χ3v) is 7.02. The molecule has 2 aliphatic rings. The van der Waals surface area contributed by atoms with Crippen LogP contribution < -0.4 is 10.1 Å². The van der Waals surface area contributed by atoms with Gasteiger partial charge in [-0.3, -0.25) is 4.68 Å². The number of aryl methyl sites for hydroxylation is 1. The average molecular weight is 486 g/mol. The van der Waals surface area contributed by atoms with Crippen LogP contribution in [-0.2, 0) is 11.3 Å². The molecule has 0 aromatic carbocycles. The number of anilines is 2. The third-order valence-electron chi connectivity index (χ3n) is 7.02. The molecule has 0 spiro atoms. The Morgan fingerprint density at radius 1 is 1.19 bits per heavy atom. The summed E-state index contributed by atoms with van der Waals surface area (Å²) in [6.45, 7) is 4.53. The smallest absolute Gasteiger partial charge is 0.248 e. The second kappa shape index (κ2) is 8.30. The number of rotatable bonds is 7. The van der Waals surface area contributed by atoms with Crippen molar-refractivity contribution in [3.8, 4) is 17.0 Å². The van der Waals surface area contributed by atoms with E-state index in [2.05, 4.69) is 41.1 Å². The molecule has 0 bridgehead atoms. The van der Waals surface area contributed by atoms with Crippen LogP contribution in [0.1, 0.15) is 31.1 Å². The molecule has 7 rings (SSSR count). The first-order valence-electron chi connectivity index (χ1n) is 12.3. The van der Waals surface area contributed by atoms with Crippen LogP contribution in [0.2, 0.25) is 0 Å². The number of hydrogen-bond donors (Lipinski definition) is 1. The van der Waals surface area contributed by atoms with Crippen molar-refractivity contribution in [3.05, 3.63) is 42.7 Å². The standard InChI is InChI=1S/C25H27N9O2/c1-15-28-23-21(32(15)12-16-6-8-36-14-16)9-17(10-26-23)20-5-7-33-22(20)24(35-2)30-25(31-33)29-18-11-27-34(13-18)19-3-4-19/h5,7,9-11,13,16,19H,3-4,6,8,12,14H2,1-2H3,(H,29,31). The summed E-state index contributed by atoms with van der Waals surface area (Å²) < 4.78 is 17.3. The van der Waals surface area contributed by atoms with E-state index >= 15 is 0 Å². The second-order valence-corrected chi connectivity index (χ2v) is 9.60. The summed E-state index contributed by atoms with van der Waals surface area (Å²) in [5.74, 6) is 2.38. The summed E-state index contributed by atoms with van der Waals surface area (Å²) in [5, 5.41) is 12.4. The Hall–Kier alpha value is -3.99. The van der Waals surface area contributed by atoms with Crippen LogP contribution in [0.3, 0.4) is 0 Å². The van der Waals surface area contributed by atoms with Gasteiger partial charge in [0, 0.05) is 48.8 Å². The Bertz CT molecular complexity index is 1570. The van der Waals surface area contributed by atoms with Crippen LogP contribution in [0.4, 0.5) is 11.6 Å². The number of nitrogens with one attached hydrogen (secondary N) is 1. The molecule has 6 heterocycles. The van der Waals surface area contributed by atoms with Crippen LogP contribution in [0, 0.1) is 12.8 Å². The van der Waals surface area contributed by atoms with Gasteiger partial charge < -0.3 is 19.4 Å². The van der Waals surface area contributed by atoms with Crippen LogP contribution in [-0.4, -0.2) is 59.2 Å². The van der Waals surface area contributed by atoms with Gasteiger partial charge in [-0.05, 0) is 38.3 Å². The molecule has 11 heteroatoms. The first-order chi connectivity index (χ1) is 17.7. The number of hydrogen-bond acceptors (Lipinski definition) is 8. The molecule has 2 fully saturated rings. The summed E-state index contributed by atoms with van der Waals surface area (Å²) in [6, 6.07) is 4.68. The second-order valence-electron chi connectivity index (χ2n) is 9.60. The molecular weight excluding hydrogens is 458 g/mol. The average Bonchev–Trinajstić information content (AvgIpc) is 3.24. The number of pyridine rings is 1. The molecule has 5 aromatic rings. The van der Waals surface area contributed by atoms with E-state index in [9.17, 15) is 0 Å². The molecule has 5 aromatic heterocycles.